The van der Waals surface area contributed by atoms with Crippen molar-refractivity contribution in [3.63, 3.8) is 0 Å². The van der Waals surface area contributed by atoms with E-state index >= 15 is 0 Å². The Morgan fingerprint density at radius 3 is 1.96 bits per heavy atom. The summed E-state index contributed by atoms with van der Waals surface area (Å²) in [5.74, 6) is -2.49. The summed E-state index contributed by atoms with van der Waals surface area (Å²) in [7, 11) is 0. The average molecular weight is 351 g/mol. The van der Waals surface area contributed by atoms with E-state index in [-0.39, 0.29) is 25.3 Å². The quantitative estimate of drug-likeness (QED) is 0.391. The van der Waals surface area contributed by atoms with Gasteiger partial charge < -0.3 is 10.0 Å². The molecule has 2 fully saturated rings. The van der Waals surface area contributed by atoms with Gasteiger partial charge in [0.1, 0.15) is 12.2 Å². The van der Waals surface area contributed by atoms with Crippen molar-refractivity contribution in [2.24, 2.45) is 11.8 Å². The van der Waals surface area contributed by atoms with Crippen LogP contribution < -0.4 is 0 Å². The molecule has 0 aromatic carbocycles. The Morgan fingerprint density at radius 1 is 0.958 bits per heavy atom. The van der Waals surface area contributed by atoms with Crippen LogP contribution >= 0.6 is 0 Å². The number of nitrogens with zero attached hydrogens (tertiary/aromatic N) is 3. The van der Waals surface area contributed by atoms with Gasteiger partial charge in [0, 0.05) is 19.0 Å². The lowest BCUT2D eigenvalue weighted by atomic mass is 9.96. The molecule has 24 heavy (non-hydrogen) atoms. The van der Waals surface area contributed by atoms with Crippen molar-refractivity contribution in [1.82, 2.24) is 15.7 Å². The monoisotopic (exact) mass is 351 g/mol. The summed E-state index contributed by atoms with van der Waals surface area (Å²) < 4.78 is 0. The van der Waals surface area contributed by atoms with Crippen molar-refractivity contribution in [2.45, 2.75) is 37.9 Å². The minimum atomic E-state index is -1.00. The molecule has 4 atom stereocenters. The van der Waals surface area contributed by atoms with Gasteiger partial charge in [0.25, 0.3) is 0 Å². The van der Waals surface area contributed by atoms with Gasteiger partial charge in [-0.3, -0.25) is 30.4 Å². The Bertz CT molecular complexity index is 443. The summed E-state index contributed by atoms with van der Waals surface area (Å²) in [5.41, 5.74) is 0. The van der Waals surface area contributed by atoms with Gasteiger partial charge in [-0.25, -0.2) is 9.68 Å². The number of hydrogen-bond donors (Lipinski definition) is 5. The summed E-state index contributed by atoms with van der Waals surface area (Å²) in [5, 5.41) is 43.0. The lowest BCUT2D eigenvalue weighted by Crippen LogP contribution is -2.44. The van der Waals surface area contributed by atoms with Crippen LogP contribution in [0.4, 0.5) is 0 Å². The molecular formula is C12H21N3O9. The number of amides is 1. The fourth-order valence-electron chi connectivity index (χ4n) is 3.26. The number of rotatable bonds is 6. The van der Waals surface area contributed by atoms with E-state index in [1.165, 1.54) is 4.90 Å². The van der Waals surface area contributed by atoms with Crippen LogP contribution in [0.25, 0.3) is 0 Å². The molecule has 12 nitrogen and oxygen atoms in total. The van der Waals surface area contributed by atoms with E-state index in [0.717, 1.165) is 0 Å². The Labute approximate surface area is 136 Å². The van der Waals surface area contributed by atoms with Gasteiger partial charge in [0.05, 0.1) is 16.7 Å². The van der Waals surface area contributed by atoms with Crippen molar-refractivity contribution in [3.8, 4) is 0 Å². The molecule has 2 rings (SSSR count). The number of hydrogen-bond acceptors (Lipinski definition) is 10. The summed E-state index contributed by atoms with van der Waals surface area (Å²) in [6.07, 6.45) is -0.828. The normalized spacial score (nSPS) is 31.0. The Kier molecular flexibility index (Phi) is 6.42. The number of carbonyl (C=O) groups is 2. The molecule has 0 aromatic heterocycles. The van der Waals surface area contributed by atoms with Gasteiger partial charge in [-0.1, -0.05) is 0 Å². The lowest BCUT2D eigenvalue weighted by Gasteiger charge is -2.32. The number of likely N-dealkylation sites (tertiary alicyclic amines) is 1. The van der Waals surface area contributed by atoms with Crippen LogP contribution in [0.3, 0.4) is 0 Å². The molecule has 1 amide bonds. The first-order valence-electron chi connectivity index (χ1n) is 7.48. The summed E-state index contributed by atoms with van der Waals surface area (Å²) in [6, 6.07) is 0. The maximum atomic E-state index is 12.6. The molecule has 1 saturated heterocycles. The van der Waals surface area contributed by atoms with Crippen molar-refractivity contribution < 1.29 is 45.2 Å². The van der Waals surface area contributed by atoms with Gasteiger partial charge in [-0.05, 0) is 25.7 Å². The van der Waals surface area contributed by atoms with Gasteiger partial charge in [0.15, 0.2) is 0 Å². The van der Waals surface area contributed by atoms with Crippen molar-refractivity contribution in [3.05, 3.63) is 0 Å². The second kappa shape index (κ2) is 8.13. The van der Waals surface area contributed by atoms with Gasteiger partial charge in [0.2, 0.25) is 5.91 Å². The maximum Gasteiger partial charge on any atom is 0.308 e. The highest BCUT2D eigenvalue weighted by atomic mass is 17.1. The zero-order chi connectivity index (χ0) is 17.9. The molecule has 12 heteroatoms. The molecule has 2 aliphatic rings. The highest BCUT2D eigenvalue weighted by Gasteiger charge is 2.44. The molecule has 138 valence electrons. The molecule has 1 saturated carbocycles. The molecule has 0 bridgehead atoms. The van der Waals surface area contributed by atoms with Crippen LogP contribution in [0, 0.1) is 11.8 Å². The lowest BCUT2D eigenvalue weighted by molar-refractivity contribution is -0.535. The van der Waals surface area contributed by atoms with E-state index in [2.05, 4.69) is 9.68 Å². The smallest absolute Gasteiger partial charge is 0.308 e. The zero-order valence-corrected chi connectivity index (χ0v) is 12.8. The van der Waals surface area contributed by atoms with Crippen LogP contribution in [0.15, 0.2) is 0 Å². The third-order valence-electron chi connectivity index (χ3n) is 4.34. The van der Waals surface area contributed by atoms with Gasteiger partial charge in [-0.15, -0.1) is 0 Å². The van der Waals surface area contributed by atoms with Crippen molar-refractivity contribution in [1.29, 1.82) is 0 Å². The highest BCUT2D eigenvalue weighted by molar-refractivity contribution is 5.80. The molecule has 1 aliphatic carbocycles. The van der Waals surface area contributed by atoms with E-state index < -0.39 is 40.8 Å². The fraction of sp³-hybridized carbons (Fsp3) is 0.833. The number of carboxylic acid groups (broad SMARTS) is 1. The number of aliphatic carboxylic acids is 1. The predicted octanol–water partition coefficient (Wildman–Crippen LogP) is -0.519. The van der Waals surface area contributed by atoms with Crippen LogP contribution in [0.1, 0.15) is 25.7 Å². The van der Waals surface area contributed by atoms with Crippen LogP contribution in [-0.2, 0) is 19.3 Å². The first kappa shape index (κ1) is 19.0. The van der Waals surface area contributed by atoms with Crippen LogP contribution in [0.5, 0.6) is 0 Å². The molecule has 0 aromatic rings. The van der Waals surface area contributed by atoms with Crippen molar-refractivity contribution >= 4 is 11.9 Å². The second-order valence-electron chi connectivity index (χ2n) is 5.92. The number of carbonyl (C=O) groups excluding carboxylic acids is 1. The molecule has 1 aliphatic heterocycles. The molecule has 1 heterocycles. The fourth-order valence-corrected chi connectivity index (χ4v) is 3.26. The SMILES string of the molecule is O=C(O)[C@H]1CCCN(C(=O)C2C[C@H](ON(O)O)[C@H](ON(O)O)C2)C1. The minimum Gasteiger partial charge on any atom is -0.481 e. The third-order valence-corrected chi connectivity index (χ3v) is 4.34. The highest BCUT2D eigenvalue weighted by Crippen LogP contribution is 2.33. The summed E-state index contributed by atoms with van der Waals surface area (Å²) in [6.45, 7) is 0.550. The molecule has 0 spiro atoms. The van der Waals surface area contributed by atoms with E-state index in [1.807, 2.05) is 0 Å². The molecular weight excluding hydrogens is 330 g/mol. The van der Waals surface area contributed by atoms with Gasteiger partial charge >= 0.3 is 5.97 Å². The first-order chi connectivity index (χ1) is 11.3. The van der Waals surface area contributed by atoms with E-state index in [1.54, 1.807) is 0 Å². The van der Waals surface area contributed by atoms with Gasteiger partial charge in [-0.2, -0.15) is 0 Å². The molecule has 1 unspecified atom stereocenters. The number of carboxylic acids is 1. The van der Waals surface area contributed by atoms with E-state index in [9.17, 15) is 9.59 Å². The maximum absolute atomic E-state index is 12.6. The first-order valence-corrected chi connectivity index (χ1v) is 7.48. The Hall–Kier alpha value is -1.38. The molecule has 0 radical (unpaired) electrons. The minimum absolute atomic E-state index is 0.0448. The summed E-state index contributed by atoms with van der Waals surface area (Å²) >= 11 is 0. The topological polar surface area (TPSA) is 163 Å². The molecule has 5 N–H and O–H groups in total. The van der Waals surface area contributed by atoms with Crippen LogP contribution in [0.2, 0.25) is 0 Å². The van der Waals surface area contributed by atoms with Crippen LogP contribution in [-0.4, -0.2) is 78.8 Å². The standard InChI is InChI=1S/C12H21N3O9/c16-11(13-3-1-2-7(6-13)12(17)18)8-4-9(23-14(19)20)10(5-8)24-15(21)22/h7-10,19-22H,1-6H2,(H,17,18)/t7-,8?,9-,10+/m0/s1. The van der Waals surface area contributed by atoms with E-state index in [4.69, 9.17) is 25.9 Å². The largest absolute Gasteiger partial charge is 0.481 e. The second-order valence-corrected chi connectivity index (χ2v) is 5.92. The Morgan fingerprint density at radius 2 is 1.50 bits per heavy atom. The Balaban J connectivity index is 2.00. The zero-order valence-electron chi connectivity index (χ0n) is 12.8. The van der Waals surface area contributed by atoms with E-state index in [0.29, 0.717) is 19.4 Å². The number of piperidine rings is 1. The predicted molar refractivity (Wildman–Crippen MR) is 70.2 cm³/mol. The third kappa shape index (κ3) is 4.81. The average Bonchev–Trinajstić information content (AvgIpc) is 2.87. The van der Waals surface area contributed by atoms with Crippen molar-refractivity contribution in [2.75, 3.05) is 13.1 Å². The summed E-state index contributed by atoms with van der Waals surface area (Å²) in [4.78, 5) is 34.4.